The lowest BCUT2D eigenvalue weighted by Gasteiger charge is -2.60. The molecule has 1 aliphatic heterocycles. The number of nitrogens with zero attached hydrogens (tertiary/aromatic N) is 2. The molecule has 4 nitrogen and oxygen atoms in total. The Balaban J connectivity index is 2.08. The van der Waals surface area contributed by atoms with Gasteiger partial charge in [-0.05, 0) is 115 Å². The van der Waals surface area contributed by atoms with Crippen LogP contribution in [-0.2, 0) is 4.74 Å². The second-order valence-electron chi connectivity index (χ2n) is 10.5. The SMILES string of the molecule is CC1(C)O[C@](C)([C@@H]2CC[C@](C)(N=C=S)[C@@H]3CC[C@](C)(O)[C@@H](N=C=S)[C@H]32)CC[C@H]1Cl. The summed E-state index contributed by atoms with van der Waals surface area (Å²) in [5, 5.41) is 16.4. The topological polar surface area (TPSA) is 54.2 Å². The Labute approximate surface area is 190 Å². The van der Waals surface area contributed by atoms with Gasteiger partial charge in [-0.2, -0.15) is 0 Å². The Bertz CT molecular complexity index is 747. The number of aliphatic imine (C=N–C) groups is 2. The Kier molecular flexibility index (Phi) is 6.52. The molecule has 7 heteroatoms. The summed E-state index contributed by atoms with van der Waals surface area (Å²) in [6.45, 7) is 10.4. The fourth-order valence-electron chi connectivity index (χ4n) is 6.45. The van der Waals surface area contributed by atoms with E-state index in [1.165, 1.54) is 0 Å². The molecule has 162 valence electrons. The predicted octanol–water partition coefficient (Wildman–Crippen LogP) is 5.46. The van der Waals surface area contributed by atoms with Crippen LogP contribution in [-0.4, -0.2) is 49.2 Å². The standard InChI is InChI=1S/C22H33ClN2O2S2/c1-19(2)16(23)8-11-22(5,27-19)15-6-9-20(3,25-13-29)14-7-10-21(4,26)18(17(14)15)24-12-28/h14-18,26H,6-11H2,1-5H3/t14-,15-,16-,17-,18+,20+,21+,22+/m1/s1. The highest BCUT2D eigenvalue weighted by atomic mass is 35.5. The number of fused-ring (bicyclic) bond motifs is 1. The minimum Gasteiger partial charge on any atom is -0.388 e. The van der Waals surface area contributed by atoms with Crippen molar-refractivity contribution in [3.8, 4) is 0 Å². The van der Waals surface area contributed by atoms with Gasteiger partial charge in [0.2, 0.25) is 0 Å². The van der Waals surface area contributed by atoms with Crippen molar-refractivity contribution in [1.82, 2.24) is 0 Å². The first-order valence-corrected chi connectivity index (χ1v) is 11.9. The van der Waals surface area contributed by atoms with Crippen LogP contribution < -0.4 is 0 Å². The number of aliphatic hydroxyl groups is 1. The Morgan fingerprint density at radius 3 is 2.21 bits per heavy atom. The molecule has 0 bridgehead atoms. The first-order chi connectivity index (χ1) is 13.4. The number of alkyl halides is 1. The van der Waals surface area contributed by atoms with Gasteiger partial charge in [0, 0.05) is 0 Å². The zero-order valence-electron chi connectivity index (χ0n) is 18.1. The van der Waals surface area contributed by atoms with E-state index in [0.29, 0.717) is 6.42 Å². The second-order valence-corrected chi connectivity index (χ2v) is 11.4. The average Bonchev–Trinajstić information content (AvgIpc) is 2.61. The normalized spacial score (nSPS) is 49.3. The Morgan fingerprint density at radius 2 is 1.62 bits per heavy atom. The zero-order valence-corrected chi connectivity index (χ0v) is 20.5. The van der Waals surface area contributed by atoms with E-state index < -0.39 is 11.2 Å². The molecular formula is C22H33ClN2O2S2. The van der Waals surface area contributed by atoms with E-state index >= 15 is 0 Å². The summed E-state index contributed by atoms with van der Waals surface area (Å²) in [4.78, 5) is 9.14. The van der Waals surface area contributed by atoms with E-state index in [0.717, 1.165) is 32.1 Å². The van der Waals surface area contributed by atoms with Crippen LogP contribution in [0.1, 0.15) is 73.1 Å². The molecule has 0 aromatic rings. The van der Waals surface area contributed by atoms with Gasteiger partial charge in [0.1, 0.15) is 0 Å². The quantitative estimate of drug-likeness (QED) is 0.348. The van der Waals surface area contributed by atoms with Crippen molar-refractivity contribution >= 4 is 46.4 Å². The van der Waals surface area contributed by atoms with Gasteiger partial charge in [-0.3, -0.25) is 0 Å². The molecule has 0 unspecified atom stereocenters. The molecule has 1 saturated heterocycles. The molecular weight excluding hydrogens is 424 g/mol. The molecule has 1 N–H and O–H groups in total. The van der Waals surface area contributed by atoms with Crippen molar-refractivity contribution in [2.24, 2.45) is 27.7 Å². The molecule has 0 aromatic carbocycles. The van der Waals surface area contributed by atoms with Crippen molar-refractivity contribution in [3.63, 3.8) is 0 Å². The summed E-state index contributed by atoms with van der Waals surface area (Å²) in [5.41, 5.74) is -1.98. The van der Waals surface area contributed by atoms with Crippen molar-refractivity contribution < 1.29 is 9.84 Å². The minimum atomic E-state index is -0.930. The number of hydrogen-bond acceptors (Lipinski definition) is 6. The van der Waals surface area contributed by atoms with Crippen molar-refractivity contribution in [2.45, 2.75) is 107 Å². The zero-order chi connectivity index (χ0) is 21.7. The monoisotopic (exact) mass is 456 g/mol. The summed E-state index contributed by atoms with van der Waals surface area (Å²) in [7, 11) is 0. The predicted molar refractivity (Wildman–Crippen MR) is 124 cm³/mol. The molecule has 3 aliphatic rings. The van der Waals surface area contributed by atoms with Crippen LogP contribution >= 0.6 is 36.0 Å². The van der Waals surface area contributed by atoms with Crippen LogP contribution in [0.25, 0.3) is 0 Å². The fourth-order valence-corrected chi connectivity index (χ4v) is 6.93. The molecule has 0 aromatic heterocycles. The first-order valence-electron chi connectivity index (χ1n) is 10.6. The Hall–Kier alpha value is -0.190. The first kappa shape index (κ1) is 23.5. The third-order valence-electron chi connectivity index (χ3n) is 8.07. The van der Waals surface area contributed by atoms with Crippen LogP contribution in [0.3, 0.4) is 0 Å². The molecule has 2 aliphatic carbocycles. The van der Waals surface area contributed by atoms with E-state index in [-0.39, 0.29) is 40.3 Å². The highest BCUT2D eigenvalue weighted by Gasteiger charge is 2.61. The summed E-state index contributed by atoms with van der Waals surface area (Å²) in [6, 6.07) is -0.332. The number of isothiocyanates is 2. The number of thiocarbonyl (C=S) groups is 2. The molecule has 1 heterocycles. The van der Waals surface area contributed by atoms with Gasteiger partial charge < -0.3 is 9.84 Å². The van der Waals surface area contributed by atoms with Gasteiger partial charge in [-0.25, -0.2) is 9.98 Å². The minimum absolute atomic E-state index is 0.0103. The maximum Gasteiger partial charge on any atom is 0.0922 e. The molecule has 0 spiro atoms. The smallest absolute Gasteiger partial charge is 0.0922 e. The average molecular weight is 457 g/mol. The maximum atomic E-state index is 11.2. The number of ether oxygens (including phenoxy) is 1. The van der Waals surface area contributed by atoms with E-state index in [4.69, 9.17) is 40.8 Å². The Morgan fingerprint density at radius 1 is 0.966 bits per heavy atom. The van der Waals surface area contributed by atoms with Crippen molar-refractivity contribution in [3.05, 3.63) is 0 Å². The van der Waals surface area contributed by atoms with Crippen LogP contribution in [0.15, 0.2) is 9.98 Å². The van der Waals surface area contributed by atoms with E-state index in [1.807, 2.05) is 6.92 Å². The number of halogens is 1. The van der Waals surface area contributed by atoms with Crippen LogP contribution in [0.4, 0.5) is 0 Å². The van der Waals surface area contributed by atoms with Crippen molar-refractivity contribution in [1.29, 1.82) is 0 Å². The summed E-state index contributed by atoms with van der Waals surface area (Å²) >= 11 is 16.5. The summed E-state index contributed by atoms with van der Waals surface area (Å²) in [6.07, 6.45) is 5.17. The van der Waals surface area contributed by atoms with Crippen LogP contribution in [0, 0.1) is 17.8 Å². The van der Waals surface area contributed by atoms with Gasteiger partial charge in [0.15, 0.2) is 0 Å². The largest absolute Gasteiger partial charge is 0.388 e. The number of rotatable bonds is 3. The lowest BCUT2D eigenvalue weighted by atomic mass is 9.51. The second kappa shape index (κ2) is 8.06. The van der Waals surface area contributed by atoms with Crippen molar-refractivity contribution in [2.75, 3.05) is 0 Å². The highest BCUT2D eigenvalue weighted by Crippen LogP contribution is 2.58. The highest BCUT2D eigenvalue weighted by molar-refractivity contribution is 7.78. The molecule has 2 saturated carbocycles. The summed E-state index contributed by atoms with van der Waals surface area (Å²) < 4.78 is 6.72. The lowest BCUT2D eigenvalue weighted by molar-refractivity contribution is -0.220. The van der Waals surface area contributed by atoms with Gasteiger partial charge in [0.05, 0.1) is 44.1 Å². The van der Waals surface area contributed by atoms with Gasteiger partial charge in [0.25, 0.3) is 0 Å². The third-order valence-corrected chi connectivity index (χ3v) is 9.02. The van der Waals surface area contributed by atoms with E-state index in [2.05, 4.69) is 48.0 Å². The summed E-state index contributed by atoms with van der Waals surface area (Å²) in [5.74, 6) is 0.521. The molecule has 29 heavy (non-hydrogen) atoms. The lowest BCUT2D eigenvalue weighted by Crippen LogP contribution is -2.64. The third kappa shape index (κ3) is 4.15. The molecule has 3 fully saturated rings. The maximum absolute atomic E-state index is 11.2. The van der Waals surface area contributed by atoms with E-state index in [1.54, 1.807) is 0 Å². The molecule has 0 amide bonds. The molecule has 3 rings (SSSR count). The van der Waals surface area contributed by atoms with Gasteiger partial charge in [-0.15, -0.1) is 11.6 Å². The van der Waals surface area contributed by atoms with Crippen LogP contribution in [0.2, 0.25) is 0 Å². The number of hydrogen-bond donors (Lipinski definition) is 1. The van der Waals surface area contributed by atoms with E-state index in [9.17, 15) is 5.11 Å². The molecule has 8 atom stereocenters. The van der Waals surface area contributed by atoms with Gasteiger partial charge >= 0.3 is 0 Å². The molecule has 0 radical (unpaired) electrons. The fraction of sp³-hybridized carbons (Fsp3) is 0.909. The van der Waals surface area contributed by atoms with Crippen LogP contribution in [0.5, 0.6) is 0 Å². The van der Waals surface area contributed by atoms with Gasteiger partial charge in [-0.1, -0.05) is 0 Å².